The summed E-state index contributed by atoms with van der Waals surface area (Å²) in [6.45, 7) is 3.96. The fourth-order valence-electron chi connectivity index (χ4n) is 3.45. The van der Waals surface area contributed by atoms with Crippen molar-refractivity contribution < 1.29 is 0 Å². The molecule has 28 heavy (non-hydrogen) atoms. The van der Waals surface area contributed by atoms with Crippen molar-refractivity contribution in [3.05, 3.63) is 84.2 Å². The molecule has 0 atom stereocenters. The lowest BCUT2D eigenvalue weighted by molar-refractivity contribution is 1.15. The number of rotatable bonds is 2. The van der Waals surface area contributed by atoms with Crippen LogP contribution in [-0.2, 0) is 0 Å². The Morgan fingerprint density at radius 2 is 0.964 bits per heavy atom. The van der Waals surface area contributed by atoms with E-state index in [9.17, 15) is 0 Å². The summed E-state index contributed by atoms with van der Waals surface area (Å²) < 4.78 is 0. The molecular formula is C24H18N4. The first-order valence-electron chi connectivity index (χ1n) is 9.26. The predicted molar refractivity (Wildman–Crippen MR) is 113 cm³/mol. The van der Waals surface area contributed by atoms with Gasteiger partial charge in [0.1, 0.15) is 11.4 Å². The normalized spacial score (nSPS) is 11.2. The van der Waals surface area contributed by atoms with Crippen LogP contribution in [0.5, 0.6) is 0 Å². The van der Waals surface area contributed by atoms with Crippen LogP contribution < -0.4 is 0 Å². The number of aromatic nitrogens is 4. The van der Waals surface area contributed by atoms with Gasteiger partial charge >= 0.3 is 0 Å². The van der Waals surface area contributed by atoms with Gasteiger partial charge < -0.3 is 0 Å². The molecule has 0 aliphatic carbocycles. The Kier molecular flexibility index (Phi) is 3.83. The molecule has 0 unspecified atom stereocenters. The molecule has 0 amide bonds. The van der Waals surface area contributed by atoms with Crippen molar-refractivity contribution in [3.8, 4) is 22.8 Å². The van der Waals surface area contributed by atoms with Gasteiger partial charge in [0.25, 0.3) is 0 Å². The molecule has 0 saturated carbocycles. The number of nitrogens with zero attached hydrogens (tertiary/aromatic N) is 4. The highest BCUT2D eigenvalue weighted by molar-refractivity contribution is 5.96. The van der Waals surface area contributed by atoms with Gasteiger partial charge in [0.15, 0.2) is 0 Å². The second-order valence-electron chi connectivity index (χ2n) is 6.94. The molecule has 0 radical (unpaired) electrons. The summed E-state index contributed by atoms with van der Waals surface area (Å²) in [7, 11) is 0. The summed E-state index contributed by atoms with van der Waals surface area (Å²) in [5.41, 5.74) is 6.72. The van der Waals surface area contributed by atoms with E-state index in [1.54, 1.807) is 0 Å². The SMILES string of the molecule is Cc1cccc(-c2nc3cc4ccccc4cc3nc2-c2cccc(C)n2)n1. The topological polar surface area (TPSA) is 51.6 Å². The highest BCUT2D eigenvalue weighted by atomic mass is 14.9. The number of aryl methyl sites for hydroxylation is 2. The Hall–Kier alpha value is -3.66. The van der Waals surface area contributed by atoms with Crippen LogP contribution in [0.2, 0.25) is 0 Å². The molecule has 0 aliphatic rings. The van der Waals surface area contributed by atoms with Crippen LogP contribution >= 0.6 is 0 Å². The van der Waals surface area contributed by atoms with Gasteiger partial charge in [-0.3, -0.25) is 9.97 Å². The zero-order chi connectivity index (χ0) is 19.1. The quantitative estimate of drug-likeness (QED) is 0.388. The summed E-state index contributed by atoms with van der Waals surface area (Å²) in [4.78, 5) is 19.3. The second kappa shape index (κ2) is 6.50. The van der Waals surface area contributed by atoms with Crippen molar-refractivity contribution in [3.63, 3.8) is 0 Å². The molecular weight excluding hydrogens is 344 g/mol. The lowest BCUT2D eigenvalue weighted by Crippen LogP contribution is -1.99. The van der Waals surface area contributed by atoms with Crippen LogP contribution in [0.25, 0.3) is 44.6 Å². The van der Waals surface area contributed by atoms with Gasteiger partial charge in [-0.25, -0.2) is 9.97 Å². The second-order valence-corrected chi connectivity index (χ2v) is 6.94. The molecule has 3 aromatic heterocycles. The summed E-state index contributed by atoms with van der Waals surface area (Å²) in [5.74, 6) is 0. The van der Waals surface area contributed by atoms with E-state index in [0.717, 1.165) is 56.0 Å². The fraction of sp³-hybridized carbons (Fsp3) is 0.0833. The van der Waals surface area contributed by atoms with Crippen LogP contribution in [0.15, 0.2) is 72.8 Å². The number of hydrogen-bond acceptors (Lipinski definition) is 4. The lowest BCUT2D eigenvalue weighted by atomic mass is 10.1. The highest BCUT2D eigenvalue weighted by Gasteiger charge is 2.16. The van der Waals surface area contributed by atoms with Crippen LogP contribution in [0, 0.1) is 13.8 Å². The van der Waals surface area contributed by atoms with Crippen molar-refractivity contribution in [2.24, 2.45) is 0 Å². The van der Waals surface area contributed by atoms with Gasteiger partial charge in [0, 0.05) is 11.4 Å². The maximum Gasteiger partial charge on any atom is 0.117 e. The molecule has 5 aromatic rings. The largest absolute Gasteiger partial charge is 0.251 e. The van der Waals surface area contributed by atoms with E-state index < -0.39 is 0 Å². The Labute approximate surface area is 163 Å². The molecule has 4 heteroatoms. The van der Waals surface area contributed by atoms with Crippen molar-refractivity contribution in [2.75, 3.05) is 0 Å². The standard InChI is InChI=1S/C24H18N4/c1-15-7-5-11-19(25-15)23-24(20-12-6-8-16(2)26-20)28-22-14-18-10-4-3-9-17(18)13-21(22)27-23/h3-14H,1-2H3. The summed E-state index contributed by atoms with van der Waals surface area (Å²) >= 11 is 0. The van der Waals surface area contributed by atoms with Crippen LogP contribution in [0.1, 0.15) is 11.4 Å². The molecule has 0 bridgehead atoms. The van der Waals surface area contributed by atoms with Gasteiger partial charge in [-0.1, -0.05) is 36.4 Å². The van der Waals surface area contributed by atoms with Gasteiger partial charge in [-0.2, -0.15) is 0 Å². The Morgan fingerprint density at radius 3 is 1.39 bits per heavy atom. The third kappa shape index (κ3) is 2.89. The fourth-order valence-corrected chi connectivity index (χ4v) is 3.45. The average molecular weight is 362 g/mol. The summed E-state index contributed by atoms with van der Waals surface area (Å²) in [6, 6.07) is 24.3. The molecule has 5 rings (SSSR count). The summed E-state index contributed by atoms with van der Waals surface area (Å²) in [6.07, 6.45) is 0. The first-order valence-corrected chi connectivity index (χ1v) is 9.26. The van der Waals surface area contributed by atoms with E-state index in [1.165, 1.54) is 0 Å². The number of pyridine rings is 2. The monoisotopic (exact) mass is 362 g/mol. The molecule has 0 aliphatic heterocycles. The third-order valence-corrected chi connectivity index (χ3v) is 4.79. The van der Waals surface area contributed by atoms with Crippen molar-refractivity contribution >= 4 is 21.8 Å². The smallest absolute Gasteiger partial charge is 0.117 e. The van der Waals surface area contributed by atoms with E-state index in [4.69, 9.17) is 19.9 Å². The molecule has 2 aromatic carbocycles. The summed E-state index contributed by atoms with van der Waals surface area (Å²) in [5, 5.41) is 2.29. The van der Waals surface area contributed by atoms with E-state index in [2.05, 4.69) is 24.3 Å². The minimum absolute atomic E-state index is 0.754. The Bertz CT molecular complexity index is 1240. The Morgan fingerprint density at radius 1 is 0.500 bits per heavy atom. The molecule has 0 spiro atoms. The zero-order valence-electron chi connectivity index (χ0n) is 15.7. The maximum atomic E-state index is 4.98. The maximum absolute atomic E-state index is 4.98. The third-order valence-electron chi connectivity index (χ3n) is 4.79. The number of benzene rings is 2. The predicted octanol–water partition coefficient (Wildman–Crippen LogP) is 5.52. The molecule has 4 nitrogen and oxygen atoms in total. The van der Waals surface area contributed by atoms with E-state index in [1.807, 2.05) is 62.4 Å². The van der Waals surface area contributed by atoms with Gasteiger partial charge in [0.05, 0.1) is 22.4 Å². The lowest BCUT2D eigenvalue weighted by Gasteiger charge is -2.11. The zero-order valence-corrected chi connectivity index (χ0v) is 15.7. The average Bonchev–Trinajstić information content (AvgIpc) is 2.71. The molecule has 0 saturated heterocycles. The van der Waals surface area contributed by atoms with Gasteiger partial charge in [0.2, 0.25) is 0 Å². The molecule has 3 heterocycles. The molecule has 0 fully saturated rings. The highest BCUT2D eigenvalue weighted by Crippen LogP contribution is 2.30. The van der Waals surface area contributed by atoms with Crippen molar-refractivity contribution in [1.82, 2.24) is 19.9 Å². The van der Waals surface area contributed by atoms with Crippen molar-refractivity contribution in [2.45, 2.75) is 13.8 Å². The van der Waals surface area contributed by atoms with E-state index in [0.29, 0.717) is 0 Å². The van der Waals surface area contributed by atoms with E-state index in [-0.39, 0.29) is 0 Å². The minimum atomic E-state index is 0.754. The van der Waals surface area contributed by atoms with Gasteiger partial charge in [-0.15, -0.1) is 0 Å². The first-order chi connectivity index (χ1) is 13.7. The Balaban J connectivity index is 1.86. The van der Waals surface area contributed by atoms with Crippen molar-refractivity contribution in [1.29, 1.82) is 0 Å². The molecule has 134 valence electrons. The van der Waals surface area contributed by atoms with Crippen LogP contribution in [0.4, 0.5) is 0 Å². The van der Waals surface area contributed by atoms with Gasteiger partial charge in [-0.05, 0) is 61.0 Å². The number of hydrogen-bond donors (Lipinski definition) is 0. The number of fused-ring (bicyclic) bond motifs is 2. The van der Waals surface area contributed by atoms with E-state index >= 15 is 0 Å². The molecule has 0 N–H and O–H groups in total. The first kappa shape index (κ1) is 16.5. The van der Waals surface area contributed by atoms with Crippen LogP contribution in [0.3, 0.4) is 0 Å². The minimum Gasteiger partial charge on any atom is -0.251 e. The van der Waals surface area contributed by atoms with Crippen LogP contribution in [-0.4, -0.2) is 19.9 Å².